The number of aliphatic carboxylic acids is 1. The van der Waals surface area contributed by atoms with Crippen molar-refractivity contribution in [3.8, 4) is 0 Å². The minimum absolute atomic E-state index is 0.116. The number of alkyl halides is 3. The normalized spacial score (nSPS) is 16.4. The highest BCUT2D eigenvalue weighted by atomic mass is 19.4. The summed E-state index contributed by atoms with van der Waals surface area (Å²) < 4.78 is 37.9. The van der Waals surface area contributed by atoms with Crippen molar-refractivity contribution in [2.75, 3.05) is 11.4 Å². The second kappa shape index (κ2) is 5.64. The molecule has 0 atom stereocenters. The van der Waals surface area contributed by atoms with Crippen molar-refractivity contribution in [1.82, 2.24) is 9.97 Å². The number of anilines is 1. The van der Waals surface area contributed by atoms with E-state index in [1.165, 1.54) is 4.90 Å². The lowest BCUT2D eigenvalue weighted by molar-refractivity contribution is -0.141. The maximum Gasteiger partial charge on any atom is 0.433 e. The first kappa shape index (κ1) is 14.5. The van der Waals surface area contributed by atoms with Gasteiger partial charge in [0, 0.05) is 12.2 Å². The number of hydrogen-bond acceptors (Lipinski definition) is 4. The molecule has 0 aromatic carbocycles. The number of rotatable bonds is 4. The van der Waals surface area contributed by atoms with E-state index < -0.39 is 24.4 Å². The van der Waals surface area contributed by atoms with Crippen molar-refractivity contribution < 1.29 is 23.1 Å². The molecular weight excluding hydrogens is 275 g/mol. The lowest BCUT2D eigenvalue weighted by Crippen LogP contribution is -2.39. The van der Waals surface area contributed by atoms with Crippen LogP contribution in [0.2, 0.25) is 0 Å². The van der Waals surface area contributed by atoms with Crippen LogP contribution in [0.15, 0.2) is 12.3 Å². The van der Waals surface area contributed by atoms with E-state index >= 15 is 0 Å². The number of aromatic nitrogens is 2. The Morgan fingerprint density at radius 3 is 2.60 bits per heavy atom. The second-order valence-corrected chi connectivity index (χ2v) is 4.70. The maximum absolute atomic E-state index is 12.6. The average molecular weight is 289 g/mol. The number of carboxylic acids is 1. The molecular formula is C12H14F3N3O2. The Hall–Kier alpha value is -1.86. The van der Waals surface area contributed by atoms with E-state index in [4.69, 9.17) is 5.11 Å². The van der Waals surface area contributed by atoms with Gasteiger partial charge in [-0.15, -0.1) is 0 Å². The van der Waals surface area contributed by atoms with E-state index in [9.17, 15) is 18.0 Å². The Labute approximate surface area is 113 Å². The van der Waals surface area contributed by atoms with Crippen molar-refractivity contribution in [2.24, 2.45) is 0 Å². The van der Waals surface area contributed by atoms with Gasteiger partial charge in [-0.25, -0.2) is 9.97 Å². The van der Waals surface area contributed by atoms with E-state index in [0.29, 0.717) is 0 Å². The van der Waals surface area contributed by atoms with Crippen LogP contribution in [0.25, 0.3) is 0 Å². The summed E-state index contributed by atoms with van der Waals surface area (Å²) in [4.78, 5) is 19.5. The molecule has 0 unspecified atom stereocenters. The fourth-order valence-electron chi connectivity index (χ4n) is 2.37. The highest BCUT2D eigenvalue weighted by molar-refractivity contribution is 5.72. The van der Waals surface area contributed by atoms with Gasteiger partial charge in [0.15, 0.2) is 0 Å². The summed E-state index contributed by atoms with van der Waals surface area (Å²) in [7, 11) is 0. The monoisotopic (exact) mass is 289 g/mol. The fourth-order valence-corrected chi connectivity index (χ4v) is 2.37. The van der Waals surface area contributed by atoms with Gasteiger partial charge < -0.3 is 10.0 Å². The van der Waals surface area contributed by atoms with Crippen molar-refractivity contribution in [2.45, 2.75) is 37.9 Å². The van der Waals surface area contributed by atoms with Gasteiger partial charge in [-0.3, -0.25) is 4.79 Å². The third kappa shape index (κ3) is 3.37. The van der Waals surface area contributed by atoms with Crippen molar-refractivity contribution in [1.29, 1.82) is 0 Å². The predicted molar refractivity (Wildman–Crippen MR) is 64.3 cm³/mol. The Bertz CT molecular complexity index is 487. The Kier molecular flexibility index (Phi) is 4.10. The molecule has 1 aromatic rings. The standard InChI is InChI=1S/C12H14F3N3O2/c13-12(14,15)9-5-6-16-11(17-9)18(7-10(19)20)8-3-1-2-4-8/h5-6,8H,1-4,7H2,(H,19,20). The molecule has 0 bridgehead atoms. The molecule has 0 radical (unpaired) electrons. The third-order valence-electron chi connectivity index (χ3n) is 3.26. The molecule has 1 saturated carbocycles. The zero-order valence-electron chi connectivity index (χ0n) is 10.6. The average Bonchev–Trinajstić information content (AvgIpc) is 2.88. The molecule has 8 heteroatoms. The van der Waals surface area contributed by atoms with Gasteiger partial charge in [-0.1, -0.05) is 12.8 Å². The lowest BCUT2D eigenvalue weighted by Gasteiger charge is -2.27. The Morgan fingerprint density at radius 2 is 2.05 bits per heavy atom. The van der Waals surface area contributed by atoms with E-state index in [1.807, 2.05) is 0 Å². The van der Waals surface area contributed by atoms with Crippen LogP contribution < -0.4 is 4.90 Å². The summed E-state index contributed by atoms with van der Waals surface area (Å²) >= 11 is 0. The first-order valence-corrected chi connectivity index (χ1v) is 6.26. The van der Waals surface area contributed by atoms with E-state index in [-0.39, 0.29) is 12.0 Å². The number of carbonyl (C=O) groups is 1. The molecule has 1 aromatic heterocycles. The summed E-state index contributed by atoms with van der Waals surface area (Å²) in [5, 5.41) is 8.92. The van der Waals surface area contributed by atoms with Crippen LogP contribution >= 0.6 is 0 Å². The summed E-state index contributed by atoms with van der Waals surface area (Å²) in [5.74, 6) is -1.29. The molecule has 1 N–H and O–H groups in total. The van der Waals surface area contributed by atoms with Crippen LogP contribution in [0, 0.1) is 0 Å². The summed E-state index contributed by atoms with van der Waals surface area (Å²) in [6.45, 7) is -0.397. The van der Waals surface area contributed by atoms with Gasteiger partial charge in [-0.05, 0) is 18.9 Å². The zero-order valence-corrected chi connectivity index (χ0v) is 10.6. The highest BCUT2D eigenvalue weighted by Crippen LogP contribution is 2.30. The van der Waals surface area contributed by atoms with Gasteiger partial charge >= 0.3 is 12.1 Å². The van der Waals surface area contributed by atoms with Crippen LogP contribution in [0.1, 0.15) is 31.4 Å². The van der Waals surface area contributed by atoms with Gasteiger partial charge in [0.2, 0.25) is 5.95 Å². The summed E-state index contributed by atoms with van der Waals surface area (Å²) in [6, 6.07) is 0.659. The molecule has 2 rings (SSSR count). The van der Waals surface area contributed by atoms with Gasteiger partial charge in [0.25, 0.3) is 0 Å². The maximum atomic E-state index is 12.6. The quantitative estimate of drug-likeness (QED) is 0.921. The molecule has 20 heavy (non-hydrogen) atoms. The van der Waals surface area contributed by atoms with Crippen LogP contribution in [0.3, 0.4) is 0 Å². The van der Waals surface area contributed by atoms with Crippen LogP contribution in [0.5, 0.6) is 0 Å². The van der Waals surface area contributed by atoms with Gasteiger partial charge in [-0.2, -0.15) is 13.2 Å². The van der Waals surface area contributed by atoms with E-state index in [0.717, 1.165) is 37.9 Å². The minimum atomic E-state index is -4.57. The SMILES string of the molecule is O=C(O)CN(c1nccc(C(F)(F)F)n1)C1CCCC1. The third-order valence-corrected chi connectivity index (χ3v) is 3.26. The molecule has 110 valence electrons. The second-order valence-electron chi connectivity index (χ2n) is 4.70. The molecule has 0 aliphatic heterocycles. The van der Waals surface area contributed by atoms with Gasteiger partial charge in [0.1, 0.15) is 12.2 Å². The lowest BCUT2D eigenvalue weighted by atomic mass is 10.2. The molecule has 0 amide bonds. The van der Waals surface area contributed by atoms with Crippen LogP contribution in [-0.4, -0.2) is 33.6 Å². The molecule has 5 nitrogen and oxygen atoms in total. The van der Waals surface area contributed by atoms with Crippen molar-refractivity contribution in [3.63, 3.8) is 0 Å². The topological polar surface area (TPSA) is 66.3 Å². The van der Waals surface area contributed by atoms with Crippen LogP contribution in [-0.2, 0) is 11.0 Å². The largest absolute Gasteiger partial charge is 0.480 e. The number of carboxylic acid groups (broad SMARTS) is 1. The predicted octanol–water partition coefficient (Wildman–Crippen LogP) is 2.33. The van der Waals surface area contributed by atoms with E-state index in [1.54, 1.807) is 0 Å². The van der Waals surface area contributed by atoms with Crippen molar-refractivity contribution in [3.05, 3.63) is 18.0 Å². The molecule has 1 aliphatic rings. The molecule has 1 heterocycles. The first-order valence-electron chi connectivity index (χ1n) is 6.26. The Balaban J connectivity index is 2.30. The number of nitrogens with zero attached hydrogens (tertiary/aromatic N) is 3. The number of halogens is 3. The Morgan fingerprint density at radius 1 is 1.40 bits per heavy atom. The van der Waals surface area contributed by atoms with Crippen molar-refractivity contribution >= 4 is 11.9 Å². The molecule has 1 fully saturated rings. The highest BCUT2D eigenvalue weighted by Gasteiger charge is 2.34. The molecule has 1 aliphatic carbocycles. The fraction of sp³-hybridized carbons (Fsp3) is 0.583. The molecule has 0 saturated heterocycles. The van der Waals surface area contributed by atoms with E-state index in [2.05, 4.69) is 9.97 Å². The smallest absolute Gasteiger partial charge is 0.433 e. The summed E-state index contributed by atoms with van der Waals surface area (Å²) in [5.41, 5.74) is -1.06. The number of hydrogen-bond donors (Lipinski definition) is 1. The minimum Gasteiger partial charge on any atom is -0.480 e. The van der Waals surface area contributed by atoms with Crippen LogP contribution in [0.4, 0.5) is 19.1 Å². The summed E-state index contributed by atoms with van der Waals surface area (Å²) in [6.07, 6.45) is -0.212. The molecule has 0 spiro atoms. The van der Waals surface area contributed by atoms with Gasteiger partial charge in [0.05, 0.1) is 0 Å². The first-order chi connectivity index (χ1) is 9.38. The zero-order chi connectivity index (χ0) is 14.8.